The molecule has 2 aliphatic rings. The topological polar surface area (TPSA) is 269 Å². The number of sulfone groups is 1. The number of ketones is 2. The Hall–Kier alpha value is -6.49. The molecule has 2 aromatic heterocycles. The van der Waals surface area contributed by atoms with Crippen LogP contribution < -0.4 is 32.0 Å². The van der Waals surface area contributed by atoms with Gasteiger partial charge < -0.3 is 41.8 Å². The van der Waals surface area contributed by atoms with E-state index in [0.29, 0.717) is 25.2 Å². The third-order valence-electron chi connectivity index (χ3n) is 10.1. The van der Waals surface area contributed by atoms with Gasteiger partial charge in [0.1, 0.15) is 23.1 Å². The molecule has 6 rings (SSSR count). The molecule has 2 fully saturated rings. The summed E-state index contributed by atoms with van der Waals surface area (Å²) in [6.07, 6.45) is 5.55. The third-order valence-corrected chi connectivity index (χ3v) is 11.6. The number of hydrogen-bond acceptors (Lipinski definition) is 16. The molecule has 0 atom stereocenters. The van der Waals surface area contributed by atoms with E-state index in [4.69, 9.17) is 26.7 Å². The first kappa shape index (κ1) is 52.9. The summed E-state index contributed by atoms with van der Waals surface area (Å²) in [4.78, 5) is 66.6. The Balaban J connectivity index is 0.000000284. The highest BCUT2D eigenvalue weighted by Crippen LogP contribution is 2.28. The first-order valence-electron chi connectivity index (χ1n) is 20.0. The number of piperidine rings is 2. The second-order valence-electron chi connectivity index (χ2n) is 14.4. The second kappa shape index (κ2) is 23.4. The van der Waals surface area contributed by atoms with Gasteiger partial charge in [0.05, 0.1) is 41.7 Å². The second-order valence-corrected chi connectivity index (χ2v) is 16.6. The van der Waals surface area contributed by atoms with Crippen LogP contribution in [0.1, 0.15) is 92.6 Å². The normalized spacial score (nSPS) is 14.1. The molecule has 0 unspecified atom stereocenters. The zero-order valence-electron chi connectivity index (χ0n) is 35.8. The largest absolute Gasteiger partial charge is 0.496 e. The number of nitrogens with one attached hydrogen (secondary N) is 1. The number of methoxy groups -OCH3 is 1. The van der Waals surface area contributed by atoms with Crippen LogP contribution in [0.15, 0.2) is 41.8 Å². The summed E-state index contributed by atoms with van der Waals surface area (Å²) in [6, 6.07) is 3.36. The molecule has 0 aliphatic carbocycles. The van der Waals surface area contributed by atoms with Gasteiger partial charge in [-0.1, -0.05) is 14.4 Å². The smallest absolute Gasteiger partial charge is 0.249 e. The van der Waals surface area contributed by atoms with Gasteiger partial charge in [-0.2, -0.15) is 4.98 Å². The van der Waals surface area contributed by atoms with E-state index in [0.717, 1.165) is 63.2 Å². The van der Waals surface area contributed by atoms with E-state index in [1.54, 1.807) is 18.7 Å². The number of hydrogen-bond donors (Lipinski definition) is 4. The lowest BCUT2D eigenvalue weighted by Crippen LogP contribution is -2.41. The molecular formula is C42H54F4N10O8S. The van der Waals surface area contributed by atoms with Gasteiger partial charge in [-0.25, -0.2) is 40.9 Å². The van der Waals surface area contributed by atoms with E-state index in [9.17, 15) is 45.2 Å². The first-order chi connectivity index (χ1) is 30.2. The maximum Gasteiger partial charge on any atom is 0.249 e. The molecule has 0 bridgehead atoms. The maximum atomic E-state index is 13.6. The number of carbonyl (C=O) groups is 4. The number of carbonyl (C=O) groups excluding carboxylic acids is 4. The third kappa shape index (κ3) is 13.8. The van der Waals surface area contributed by atoms with Gasteiger partial charge in [0.25, 0.3) is 0 Å². The Morgan fingerprint density at radius 2 is 1.17 bits per heavy atom. The van der Waals surface area contributed by atoms with Gasteiger partial charge >= 0.3 is 0 Å². The SMILES string of the molecule is C.CC(=O)N1CCC(N)CC1.CCOc1cc(F)c(F)cc1C(=O)c1cnc(S(=O)(=O)CC)nc1N.COc1cc(F)c(F)cc1C(=O)c1cnc(NC2CCN(C(C)=O)CC2)nc1N. The van der Waals surface area contributed by atoms with Crippen LogP contribution in [-0.4, -0.2) is 119 Å². The number of rotatable bonds is 11. The number of likely N-dealkylation sites (tertiary alicyclic amines) is 2. The molecule has 4 heterocycles. The van der Waals surface area contributed by atoms with Crippen molar-refractivity contribution >= 4 is 50.8 Å². The zero-order valence-corrected chi connectivity index (χ0v) is 36.6. The van der Waals surface area contributed by atoms with Crippen molar-refractivity contribution in [1.82, 2.24) is 29.7 Å². The lowest BCUT2D eigenvalue weighted by molar-refractivity contribution is -0.130. The summed E-state index contributed by atoms with van der Waals surface area (Å²) in [5.74, 6) is -6.77. The van der Waals surface area contributed by atoms with Crippen molar-refractivity contribution in [1.29, 1.82) is 0 Å². The Morgan fingerprint density at radius 1 is 0.723 bits per heavy atom. The molecular weight excluding hydrogens is 881 g/mol. The van der Waals surface area contributed by atoms with Crippen LogP contribution in [0.25, 0.3) is 0 Å². The van der Waals surface area contributed by atoms with Crippen molar-refractivity contribution in [2.24, 2.45) is 5.73 Å². The van der Waals surface area contributed by atoms with Gasteiger partial charge in [0.15, 0.2) is 23.3 Å². The molecule has 2 aromatic carbocycles. The number of amides is 2. The number of aromatic nitrogens is 4. The van der Waals surface area contributed by atoms with Crippen LogP contribution in [0.4, 0.5) is 35.1 Å². The van der Waals surface area contributed by atoms with Gasteiger partial charge in [-0.3, -0.25) is 19.2 Å². The molecule has 23 heteroatoms. The molecule has 0 radical (unpaired) electrons. The highest BCUT2D eigenvalue weighted by atomic mass is 32.2. The summed E-state index contributed by atoms with van der Waals surface area (Å²) in [5, 5.41) is 2.63. The van der Waals surface area contributed by atoms with E-state index in [1.807, 2.05) is 4.90 Å². The van der Waals surface area contributed by atoms with Crippen molar-refractivity contribution in [2.45, 2.75) is 78.0 Å². The molecule has 2 amide bonds. The van der Waals surface area contributed by atoms with Crippen molar-refractivity contribution in [3.63, 3.8) is 0 Å². The minimum atomic E-state index is -3.70. The van der Waals surface area contributed by atoms with Gasteiger partial charge in [0, 0.05) is 76.6 Å². The average Bonchev–Trinajstić information content (AvgIpc) is 3.26. The zero-order chi connectivity index (χ0) is 47.5. The number of nitrogen functional groups attached to an aromatic ring is 2. The summed E-state index contributed by atoms with van der Waals surface area (Å²) < 4.78 is 87.5. The van der Waals surface area contributed by atoms with Gasteiger partial charge in [-0.15, -0.1) is 0 Å². The molecule has 354 valence electrons. The van der Waals surface area contributed by atoms with E-state index in [-0.39, 0.29) is 89.0 Å². The van der Waals surface area contributed by atoms with E-state index >= 15 is 0 Å². The van der Waals surface area contributed by atoms with E-state index in [2.05, 4.69) is 25.3 Å². The average molecular weight is 935 g/mol. The van der Waals surface area contributed by atoms with Crippen LogP contribution in [0.5, 0.6) is 11.5 Å². The molecule has 0 spiro atoms. The standard InChI is InChI=1S/C19H21F2N5O3.C15H15F2N3O4S.C7H14N2O.CH4/c1-10(27)26-5-3-11(4-6-26)24-19-23-9-13(18(22)25-19)17(28)12-7-14(20)15(21)8-16(12)29-2;1-3-24-12-6-11(17)10(16)5-8(12)13(21)9-7-19-15(20-14(9)18)25(22,23)4-2;1-6(10)9-4-2-7(8)3-5-9;/h7-9,11H,3-6H2,1-2H3,(H3,22,23,24,25);5-7H,3-4H2,1-2H3,(H2,18,19,20);7H,2-5,8H2,1H3;1H4. The lowest BCUT2D eigenvalue weighted by atomic mass is 10.0. The fourth-order valence-corrected chi connectivity index (χ4v) is 7.06. The number of nitrogens with zero attached hydrogens (tertiary/aromatic N) is 6. The quantitative estimate of drug-likeness (QED) is 0.0925. The summed E-state index contributed by atoms with van der Waals surface area (Å²) in [7, 11) is -2.46. The number of nitrogens with two attached hydrogens (primary N) is 3. The van der Waals surface area contributed by atoms with Crippen molar-refractivity contribution in [3.8, 4) is 11.5 Å². The molecule has 7 N–H and O–H groups in total. The monoisotopic (exact) mass is 934 g/mol. The minimum absolute atomic E-state index is 0. The molecule has 0 saturated carbocycles. The highest BCUT2D eigenvalue weighted by Gasteiger charge is 2.26. The van der Waals surface area contributed by atoms with Crippen LogP contribution in [0.2, 0.25) is 0 Å². The number of anilines is 3. The minimum Gasteiger partial charge on any atom is -0.496 e. The lowest BCUT2D eigenvalue weighted by Gasteiger charge is -2.31. The Bertz CT molecular complexity index is 2470. The van der Waals surface area contributed by atoms with E-state index in [1.165, 1.54) is 27.2 Å². The summed E-state index contributed by atoms with van der Waals surface area (Å²) in [5.41, 5.74) is 16.5. The molecule has 2 saturated heterocycles. The van der Waals surface area contributed by atoms with Crippen molar-refractivity contribution < 1.29 is 54.6 Å². The van der Waals surface area contributed by atoms with Gasteiger partial charge in [-0.05, 0) is 44.7 Å². The van der Waals surface area contributed by atoms with Crippen LogP contribution >= 0.6 is 0 Å². The Morgan fingerprint density at radius 3 is 1.62 bits per heavy atom. The van der Waals surface area contributed by atoms with Crippen molar-refractivity contribution in [2.75, 3.05) is 62.4 Å². The van der Waals surface area contributed by atoms with E-state index < -0.39 is 49.8 Å². The molecule has 65 heavy (non-hydrogen) atoms. The Kier molecular flexibility index (Phi) is 19.1. The van der Waals surface area contributed by atoms with Crippen LogP contribution in [-0.2, 0) is 19.4 Å². The summed E-state index contributed by atoms with van der Waals surface area (Å²) >= 11 is 0. The molecule has 4 aromatic rings. The van der Waals surface area contributed by atoms with Crippen LogP contribution in [0, 0.1) is 23.3 Å². The Labute approximate surface area is 374 Å². The predicted molar refractivity (Wildman–Crippen MR) is 233 cm³/mol. The first-order valence-corrected chi connectivity index (χ1v) is 21.6. The van der Waals surface area contributed by atoms with Crippen molar-refractivity contribution in [3.05, 3.63) is 82.2 Å². The molecule has 2 aliphatic heterocycles. The number of halogens is 4. The van der Waals surface area contributed by atoms with Crippen LogP contribution in [0.3, 0.4) is 0 Å². The number of benzene rings is 2. The highest BCUT2D eigenvalue weighted by molar-refractivity contribution is 7.91. The fraction of sp³-hybridized carbons (Fsp3) is 0.429. The maximum absolute atomic E-state index is 13.6. The fourth-order valence-electron chi connectivity index (χ4n) is 6.35. The molecule has 18 nitrogen and oxygen atoms in total. The van der Waals surface area contributed by atoms with Gasteiger partial charge in [0.2, 0.25) is 44.3 Å². The summed E-state index contributed by atoms with van der Waals surface area (Å²) in [6.45, 7) is 9.23. The number of ether oxygens (including phenoxy) is 2. The predicted octanol–water partition coefficient (Wildman–Crippen LogP) is 4.35.